The maximum absolute atomic E-state index is 12.1. The molecule has 0 aliphatic carbocycles. The molecule has 1 aromatic carbocycles. The summed E-state index contributed by atoms with van der Waals surface area (Å²) in [5, 5.41) is 5.80. The molecule has 2 heterocycles. The first kappa shape index (κ1) is 16.6. The predicted molar refractivity (Wildman–Crippen MR) is 89.0 cm³/mol. The SMILES string of the molecule is O=C1CN(C(=O)CNc2cccc(OC[C@@H]3CCCO3)c2)CCN1. The van der Waals surface area contributed by atoms with Crippen LogP contribution in [0.5, 0.6) is 5.75 Å². The Kier molecular flexibility index (Phi) is 5.53. The Morgan fingerprint density at radius 1 is 1.46 bits per heavy atom. The van der Waals surface area contributed by atoms with Gasteiger partial charge in [0.25, 0.3) is 0 Å². The second-order valence-corrected chi connectivity index (χ2v) is 5.99. The van der Waals surface area contributed by atoms with Crippen LogP contribution in [0.4, 0.5) is 5.69 Å². The van der Waals surface area contributed by atoms with Crippen LogP contribution in [0.1, 0.15) is 12.8 Å². The van der Waals surface area contributed by atoms with Gasteiger partial charge in [-0.25, -0.2) is 0 Å². The minimum atomic E-state index is -0.112. The molecule has 2 aliphatic rings. The lowest BCUT2D eigenvalue weighted by atomic mass is 10.2. The summed E-state index contributed by atoms with van der Waals surface area (Å²) in [6.07, 6.45) is 2.30. The second kappa shape index (κ2) is 8.01. The molecule has 0 aromatic heterocycles. The van der Waals surface area contributed by atoms with Crippen LogP contribution < -0.4 is 15.4 Å². The van der Waals surface area contributed by atoms with Crippen molar-refractivity contribution in [2.45, 2.75) is 18.9 Å². The number of anilines is 1. The fourth-order valence-electron chi connectivity index (χ4n) is 2.80. The van der Waals surface area contributed by atoms with E-state index in [4.69, 9.17) is 9.47 Å². The zero-order valence-corrected chi connectivity index (χ0v) is 13.6. The molecule has 2 fully saturated rings. The molecule has 1 atom stereocenters. The lowest BCUT2D eigenvalue weighted by Gasteiger charge is -2.26. The van der Waals surface area contributed by atoms with Gasteiger partial charge in [0.2, 0.25) is 11.8 Å². The van der Waals surface area contributed by atoms with E-state index >= 15 is 0 Å². The Balaban J connectivity index is 1.47. The number of nitrogens with one attached hydrogen (secondary N) is 2. The maximum atomic E-state index is 12.1. The average molecular weight is 333 g/mol. The fraction of sp³-hybridized carbons (Fsp3) is 0.529. The molecule has 7 nitrogen and oxygen atoms in total. The molecule has 0 saturated carbocycles. The monoisotopic (exact) mass is 333 g/mol. The van der Waals surface area contributed by atoms with E-state index in [-0.39, 0.29) is 31.0 Å². The van der Waals surface area contributed by atoms with Crippen LogP contribution in [0.15, 0.2) is 24.3 Å². The number of hydrogen-bond acceptors (Lipinski definition) is 5. The van der Waals surface area contributed by atoms with Crippen molar-refractivity contribution < 1.29 is 19.1 Å². The third-order valence-electron chi connectivity index (χ3n) is 4.13. The summed E-state index contributed by atoms with van der Waals surface area (Å²) < 4.78 is 11.3. The molecule has 0 bridgehead atoms. The van der Waals surface area contributed by atoms with Gasteiger partial charge in [-0.05, 0) is 25.0 Å². The molecular weight excluding hydrogens is 310 g/mol. The average Bonchev–Trinajstić information content (AvgIpc) is 3.12. The summed E-state index contributed by atoms with van der Waals surface area (Å²) >= 11 is 0. The molecule has 2 amide bonds. The van der Waals surface area contributed by atoms with E-state index in [1.165, 1.54) is 0 Å². The largest absolute Gasteiger partial charge is 0.491 e. The lowest BCUT2D eigenvalue weighted by Crippen LogP contribution is -2.51. The van der Waals surface area contributed by atoms with E-state index in [0.29, 0.717) is 19.7 Å². The van der Waals surface area contributed by atoms with Gasteiger partial charge < -0.3 is 25.0 Å². The summed E-state index contributed by atoms with van der Waals surface area (Å²) in [6, 6.07) is 7.52. The maximum Gasteiger partial charge on any atom is 0.242 e. The Bertz CT molecular complexity index is 587. The van der Waals surface area contributed by atoms with Crippen molar-refractivity contribution in [3.63, 3.8) is 0 Å². The molecule has 2 N–H and O–H groups in total. The van der Waals surface area contributed by atoms with Crippen molar-refractivity contribution in [2.24, 2.45) is 0 Å². The van der Waals surface area contributed by atoms with Crippen molar-refractivity contribution in [2.75, 3.05) is 44.7 Å². The van der Waals surface area contributed by atoms with Crippen molar-refractivity contribution in [3.8, 4) is 5.75 Å². The Labute approximate surface area is 141 Å². The van der Waals surface area contributed by atoms with Gasteiger partial charge in [-0.3, -0.25) is 9.59 Å². The summed E-state index contributed by atoms with van der Waals surface area (Å²) in [5.74, 6) is 0.551. The quantitative estimate of drug-likeness (QED) is 0.798. The smallest absolute Gasteiger partial charge is 0.242 e. The van der Waals surface area contributed by atoms with Gasteiger partial charge in [0.15, 0.2) is 0 Å². The number of rotatable bonds is 6. The third kappa shape index (κ3) is 4.61. The number of amides is 2. The number of hydrogen-bond donors (Lipinski definition) is 2. The van der Waals surface area contributed by atoms with E-state index in [1.807, 2.05) is 24.3 Å². The van der Waals surface area contributed by atoms with Gasteiger partial charge in [-0.2, -0.15) is 0 Å². The normalized spacial score (nSPS) is 20.6. The van der Waals surface area contributed by atoms with Crippen molar-refractivity contribution in [1.29, 1.82) is 0 Å². The molecular formula is C17H23N3O4. The minimum Gasteiger partial charge on any atom is -0.491 e. The Morgan fingerprint density at radius 3 is 3.17 bits per heavy atom. The number of nitrogens with zero attached hydrogens (tertiary/aromatic N) is 1. The third-order valence-corrected chi connectivity index (χ3v) is 4.13. The first-order valence-electron chi connectivity index (χ1n) is 8.33. The van der Waals surface area contributed by atoms with Crippen molar-refractivity contribution in [3.05, 3.63) is 24.3 Å². The van der Waals surface area contributed by atoms with E-state index in [9.17, 15) is 9.59 Å². The van der Waals surface area contributed by atoms with Crippen LogP contribution in [0.25, 0.3) is 0 Å². The number of ether oxygens (including phenoxy) is 2. The molecule has 0 radical (unpaired) electrons. The molecule has 0 spiro atoms. The highest BCUT2D eigenvalue weighted by Gasteiger charge is 2.20. The number of carbonyl (C=O) groups excluding carboxylic acids is 2. The van der Waals surface area contributed by atoms with Gasteiger partial charge in [-0.15, -0.1) is 0 Å². The van der Waals surface area contributed by atoms with Crippen LogP contribution in [0.3, 0.4) is 0 Å². The Morgan fingerprint density at radius 2 is 2.38 bits per heavy atom. The van der Waals surface area contributed by atoms with Gasteiger partial charge in [-0.1, -0.05) is 6.07 Å². The van der Waals surface area contributed by atoms with Gasteiger partial charge >= 0.3 is 0 Å². The predicted octanol–water partition coefficient (Wildman–Crippen LogP) is 0.615. The fourth-order valence-corrected chi connectivity index (χ4v) is 2.80. The highest BCUT2D eigenvalue weighted by Crippen LogP contribution is 2.19. The van der Waals surface area contributed by atoms with Crippen LogP contribution in [-0.4, -0.2) is 62.2 Å². The summed E-state index contributed by atoms with van der Waals surface area (Å²) in [4.78, 5) is 25.0. The molecule has 2 saturated heterocycles. The molecule has 2 aliphatic heterocycles. The molecule has 24 heavy (non-hydrogen) atoms. The van der Waals surface area contributed by atoms with Crippen LogP contribution >= 0.6 is 0 Å². The van der Waals surface area contributed by atoms with Gasteiger partial charge in [0.05, 0.1) is 19.2 Å². The second-order valence-electron chi connectivity index (χ2n) is 5.99. The molecule has 3 rings (SSSR count). The molecule has 0 unspecified atom stereocenters. The van der Waals surface area contributed by atoms with Crippen LogP contribution in [-0.2, 0) is 14.3 Å². The van der Waals surface area contributed by atoms with Crippen molar-refractivity contribution in [1.82, 2.24) is 10.2 Å². The van der Waals surface area contributed by atoms with E-state index < -0.39 is 0 Å². The number of piperazine rings is 1. The van der Waals surface area contributed by atoms with Crippen molar-refractivity contribution >= 4 is 17.5 Å². The summed E-state index contributed by atoms with van der Waals surface area (Å²) in [6.45, 7) is 2.71. The zero-order valence-electron chi connectivity index (χ0n) is 13.6. The first-order chi connectivity index (χ1) is 11.7. The topological polar surface area (TPSA) is 79.9 Å². The zero-order chi connectivity index (χ0) is 16.8. The standard InChI is InChI=1S/C17H23N3O4/c21-16-11-20(7-6-18-16)17(22)10-19-13-3-1-4-14(9-13)24-12-15-5-2-8-23-15/h1,3-4,9,15,19H,2,5-8,10-12H2,(H,18,21)/t15-/m0/s1. The van der Waals surface area contributed by atoms with Gasteiger partial charge in [0.1, 0.15) is 12.4 Å². The molecule has 7 heteroatoms. The number of benzene rings is 1. The van der Waals surface area contributed by atoms with Crippen LogP contribution in [0.2, 0.25) is 0 Å². The molecule has 130 valence electrons. The van der Waals surface area contributed by atoms with E-state index in [2.05, 4.69) is 10.6 Å². The highest BCUT2D eigenvalue weighted by molar-refractivity contribution is 5.87. The summed E-state index contributed by atoms with van der Waals surface area (Å²) in [5.41, 5.74) is 0.814. The van der Waals surface area contributed by atoms with Crippen LogP contribution in [0, 0.1) is 0 Å². The van der Waals surface area contributed by atoms with Gasteiger partial charge in [0, 0.05) is 31.5 Å². The highest BCUT2D eigenvalue weighted by atomic mass is 16.5. The Hall–Kier alpha value is -2.28. The minimum absolute atomic E-state index is 0.0875. The van der Waals surface area contributed by atoms with E-state index in [1.54, 1.807) is 4.90 Å². The lowest BCUT2D eigenvalue weighted by molar-refractivity contribution is -0.136. The first-order valence-corrected chi connectivity index (χ1v) is 8.33. The summed E-state index contributed by atoms with van der Waals surface area (Å²) in [7, 11) is 0. The molecule has 1 aromatic rings. The number of carbonyl (C=O) groups is 2. The van der Waals surface area contributed by atoms with E-state index in [0.717, 1.165) is 30.9 Å².